The number of halogens is 3. The van der Waals surface area contributed by atoms with E-state index >= 15 is 0 Å². The first-order valence-corrected chi connectivity index (χ1v) is 10.1. The molecule has 0 saturated heterocycles. The van der Waals surface area contributed by atoms with Crippen molar-refractivity contribution in [2.45, 2.75) is 30.9 Å². The van der Waals surface area contributed by atoms with Crippen molar-refractivity contribution in [3.05, 3.63) is 107 Å². The fraction of sp³-hybridized carbons (Fsp3) is 0.200. The molecular formula is C25H25F3N4. The van der Waals surface area contributed by atoms with Gasteiger partial charge in [-0.15, -0.1) is 0 Å². The molecule has 0 saturated carbocycles. The van der Waals surface area contributed by atoms with Crippen LogP contribution in [0.1, 0.15) is 39.7 Å². The third-order valence-electron chi connectivity index (χ3n) is 5.43. The van der Waals surface area contributed by atoms with Gasteiger partial charge in [-0.2, -0.15) is 13.2 Å². The Morgan fingerprint density at radius 2 is 1.06 bits per heavy atom. The molecule has 3 rings (SSSR count). The predicted molar refractivity (Wildman–Crippen MR) is 121 cm³/mol. The fourth-order valence-electron chi connectivity index (χ4n) is 3.76. The zero-order valence-electron chi connectivity index (χ0n) is 17.4. The van der Waals surface area contributed by atoms with Crippen LogP contribution in [-0.4, -0.2) is 11.7 Å². The van der Waals surface area contributed by atoms with Gasteiger partial charge >= 0.3 is 6.18 Å². The van der Waals surface area contributed by atoms with Crippen molar-refractivity contribution in [3.63, 3.8) is 0 Å². The third kappa shape index (κ3) is 5.75. The minimum Gasteiger partial charge on any atom is -0.387 e. The summed E-state index contributed by atoms with van der Waals surface area (Å²) in [5.41, 5.74) is 13.1. The van der Waals surface area contributed by atoms with Crippen molar-refractivity contribution in [1.29, 1.82) is 10.8 Å². The summed E-state index contributed by atoms with van der Waals surface area (Å²) in [6.45, 7) is 0. The molecule has 166 valence electrons. The molecule has 2 unspecified atom stereocenters. The smallest absolute Gasteiger partial charge is 0.387 e. The molecule has 0 bridgehead atoms. The average molecular weight is 438 g/mol. The van der Waals surface area contributed by atoms with E-state index in [0.29, 0.717) is 12.8 Å². The fourth-order valence-corrected chi connectivity index (χ4v) is 3.76. The monoisotopic (exact) mass is 438 g/mol. The van der Waals surface area contributed by atoms with Crippen molar-refractivity contribution in [2.75, 3.05) is 0 Å². The van der Waals surface area contributed by atoms with Crippen molar-refractivity contribution in [3.8, 4) is 0 Å². The summed E-state index contributed by atoms with van der Waals surface area (Å²) in [4.78, 5) is 0. The second kappa shape index (κ2) is 9.68. The van der Waals surface area contributed by atoms with Gasteiger partial charge in [-0.1, -0.05) is 66.7 Å². The summed E-state index contributed by atoms with van der Waals surface area (Å²) >= 11 is 0. The molecule has 3 aromatic carbocycles. The van der Waals surface area contributed by atoms with Crippen LogP contribution in [0.25, 0.3) is 0 Å². The first-order chi connectivity index (χ1) is 15.1. The van der Waals surface area contributed by atoms with E-state index in [9.17, 15) is 13.2 Å². The quantitative estimate of drug-likeness (QED) is 0.286. The van der Waals surface area contributed by atoms with Gasteiger partial charge in [0.1, 0.15) is 0 Å². The largest absolute Gasteiger partial charge is 0.416 e. The number of hydrogen-bond acceptors (Lipinski definition) is 2. The highest BCUT2D eigenvalue weighted by Crippen LogP contribution is 2.36. The van der Waals surface area contributed by atoms with E-state index in [1.807, 2.05) is 60.7 Å². The van der Waals surface area contributed by atoms with Crippen LogP contribution >= 0.6 is 0 Å². The zero-order valence-corrected chi connectivity index (χ0v) is 17.4. The summed E-state index contributed by atoms with van der Waals surface area (Å²) in [5, 5.41) is 16.1. The van der Waals surface area contributed by atoms with Gasteiger partial charge in [-0.05, 0) is 47.2 Å². The highest BCUT2D eigenvalue weighted by molar-refractivity contribution is 5.87. The van der Waals surface area contributed by atoms with Crippen molar-refractivity contribution < 1.29 is 13.2 Å². The maximum Gasteiger partial charge on any atom is 0.416 e. The lowest BCUT2D eigenvalue weighted by molar-refractivity contribution is -0.137. The Kier molecular flexibility index (Phi) is 6.98. The third-order valence-corrected chi connectivity index (χ3v) is 5.43. The highest BCUT2D eigenvalue weighted by atomic mass is 19.4. The Labute approximate surface area is 185 Å². The van der Waals surface area contributed by atoms with Crippen LogP contribution in [0.5, 0.6) is 0 Å². The van der Waals surface area contributed by atoms with Crippen LogP contribution in [0.15, 0.2) is 78.9 Å². The van der Waals surface area contributed by atoms with Gasteiger partial charge < -0.3 is 11.5 Å². The minimum atomic E-state index is -4.59. The number of nitrogens with two attached hydrogens (primary N) is 2. The van der Waals surface area contributed by atoms with Gasteiger partial charge in [0.05, 0.1) is 17.2 Å². The lowest BCUT2D eigenvalue weighted by atomic mass is 9.84. The molecule has 0 aliphatic carbocycles. The number of amidine groups is 2. The standard InChI is InChI=1S/C25H25F3N4/c26-25(27,28)20-14-18(21(23(29)30)11-16-7-3-1-4-8-16)13-19(15-20)22(24(31)32)12-17-9-5-2-6-10-17/h1-10,13-15,21-22H,11-12H2,(H3,29,30)(H3,31,32). The molecule has 4 nitrogen and oxygen atoms in total. The lowest BCUT2D eigenvalue weighted by Gasteiger charge is -2.23. The normalized spacial score (nSPS) is 13.3. The summed E-state index contributed by atoms with van der Waals surface area (Å²) < 4.78 is 41.3. The molecule has 0 heterocycles. The van der Waals surface area contributed by atoms with Gasteiger partial charge in [0.15, 0.2) is 0 Å². The molecule has 7 heteroatoms. The highest BCUT2D eigenvalue weighted by Gasteiger charge is 2.33. The summed E-state index contributed by atoms with van der Waals surface area (Å²) in [5.74, 6) is -1.91. The van der Waals surface area contributed by atoms with E-state index in [1.54, 1.807) is 6.07 Å². The molecule has 6 N–H and O–H groups in total. The molecule has 3 aromatic rings. The molecule has 0 spiro atoms. The maximum atomic E-state index is 13.8. The Morgan fingerprint density at radius 1 is 0.688 bits per heavy atom. The predicted octanol–water partition coefficient (Wildman–Crippen LogP) is 5.23. The first kappa shape index (κ1) is 23.1. The van der Waals surface area contributed by atoms with E-state index in [4.69, 9.17) is 22.3 Å². The topological polar surface area (TPSA) is 99.7 Å². The van der Waals surface area contributed by atoms with Gasteiger partial charge in [0.25, 0.3) is 0 Å². The van der Waals surface area contributed by atoms with Gasteiger partial charge in [-0.3, -0.25) is 10.8 Å². The average Bonchev–Trinajstić information content (AvgIpc) is 2.76. The van der Waals surface area contributed by atoms with Crippen molar-refractivity contribution >= 4 is 11.7 Å². The summed E-state index contributed by atoms with van der Waals surface area (Å²) in [6.07, 6.45) is -4.01. The molecule has 32 heavy (non-hydrogen) atoms. The molecule has 0 fully saturated rings. The van der Waals surface area contributed by atoms with Gasteiger partial charge in [-0.25, -0.2) is 0 Å². The van der Waals surface area contributed by atoms with Crippen LogP contribution < -0.4 is 11.5 Å². The molecule has 0 radical (unpaired) electrons. The molecule has 0 aliphatic rings. The number of rotatable bonds is 8. The lowest BCUT2D eigenvalue weighted by Crippen LogP contribution is -2.26. The van der Waals surface area contributed by atoms with E-state index in [0.717, 1.165) is 23.3 Å². The Balaban J connectivity index is 2.08. The van der Waals surface area contributed by atoms with Crippen LogP contribution in [0.3, 0.4) is 0 Å². The van der Waals surface area contributed by atoms with Gasteiger partial charge in [0.2, 0.25) is 0 Å². The van der Waals surface area contributed by atoms with E-state index in [1.165, 1.54) is 0 Å². The molecule has 0 aliphatic heterocycles. The molecule has 2 atom stereocenters. The van der Waals surface area contributed by atoms with Crippen LogP contribution in [0.2, 0.25) is 0 Å². The summed E-state index contributed by atoms with van der Waals surface area (Å²) in [6, 6.07) is 22.1. The summed E-state index contributed by atoms with van der Waals surface area (Å²) in [7, 11) is 0. The number of hydrogen-bond donors (Lipinski definition) is 4. The zero-order chi connectivity index (χ0) is 23.3. The minimum absolute atomic E-state index is 0.221. The second-order valence-corrected chi connectivity index (χ2v) is 7.78. The molecular weight excluding hydrogens is 413 g/mol. The van der Waals surface area contributed by atoms with Crippen molar-refractivity contribution in [2.24, 2.45) is 11.5 Å². The Morgan fingerprint density at radius 3 is 1.38 bits per heavy atom. The van der Waals surface area contributed by atoms with Gasteiger partial charge in [0, 0.05) is 11.8 Å². The maximum absolute atomic E-state index is 13.8. The van der Waals surface area contributed by atoms with E-state index < -0.39 is 23.6 Å². The number of alkyl halides is 3. The van der Waals surface area contributed by atoms with Crippen LogP contribution in [0, 0.1) is 10.8 Å². The molecule has 0 amide bonds. The number of benzene rings is 3. The SMILES string of the molecule is N=C(N)C(Cc1ccccc1)c1cc(C(Cc2ccccc2)C(=N)N)cc(C(F)(F)F)c1. The van der Waals surface area contributed by atoms with E-state index in [-0.39, 0.29) is 22.8 Å². The van der Waals surface area contributed by atoms with Crippen LogP contribution in [0.4, 0.5) is 13.2 Å². The number of nitrogens with one attached hydrogen (secondary N) is 2. The van der Waals surface area contributed by atoms with Crippen molar-refractivity contribution in [1.82, 2.24) is 0 Å². The Bertz CT molecular complexity index is 1000. The Hall–Kier alpha value is -3.61. The van der Waals surface area contributed by atoms with E-state index in [2.05, 4.69) is 0 Å². The first-order valence-electron chi connectivity index (χ1n) is 10.1. The van der Waals surface area contributed by atoms with Crippen LogP contribution in [-0.2, 0) is 19.0 Å². The molecule has 0 aromatic heterocycles. The second-order valence-electron chi connectivity index (χ2n) is 7.78.